The van der Waals surface area contributed by atoms with E-state index in [1.807, 2.05) is 4.90 Å². The van der Waals surface area contributed by atoms with Crippen LogP contribution in [0.3, 0.4) is 0 Å². The molecule has 2 atom stereocenters. The summed E-state index contributed by atoms with van der Waals surface area (Å²) >= 11 is 0. The number of carbonyl (C=O) groups is 2. The molecule has 3 aliphatic heterocycles. The Morgan fingerprint density at radius 2 is 1.94 bits per heavy atom. The predicted octanol–water partition coefficient (Wildman–Crippen LogP) is 1.91. The van der Waals surface area contributed by atoms with Crippen LogP contribution < -0.4 is 4.74 Å². The maximum atomic E-state index is 13.5. The molecule has 1 aromatic rings. The molecule has 0 aliphatic carbocycles. The first-order chi connectivity index (χ1) is 15.0. The third kappa shape index (κ3) is 5.36. The van der Waals surface area contributed by atoms with E-state index in [4.69, 9.17) is 9.47 Å². The Balaban J connectivity index is 1.38. The van der Waals surface area contributed by atoms with E-state index in [9.17, 15) is 14.0 Å². The molecule has 0 unspecified atom stereocenters. The number of rotatable bonds is 4. The second-order valence-electron chi connectivity index (χ2n) is 8.68. The van der Waals surface area contributed by atoms with E-state index < -0.39 is 6.04 Å². The van der Waals surface area contributed by atoms with E-state index in [0.29, 0.717) is 37.8 Å². The van der Waals surface area contributed by atoms with Crippen molar-refractivity contribution < 1.29 is 23.5 Å². The van der Waals surface area contributed by atoms with Crippen molar-refractivity contribution in [3.63, 3.8) is 0 Å². The minimum atomic E-state index is -0.523. The molecule has 3 saturated heterocycles. The van der Waals surface area contributed by atoms with Crippen molar-refractivity contribution in [3.05, 3.63) is 30.1 Å². The highest BCUT2D eigenvalue weighted by Gasteiger charge is 2.41. The summed E-state index contributed by atoms with van der Waals surface area (Å²) in [6, 6.07) is 5.98. The second-order valence-corrected chi connectivity index (χ2v) is 8.68. The zero-order valence-corrected chi connectivity index (χ0v) is 18.2. The molecular formula is C23H32FN3O4. The fourth-order valence-corrected chi connectivity index (χ4v) is 4.98. The lowest BCUT2D eigenvalue weighted by molar-refractivity contribution is -0.142. The quantitative estimate of drug-likeness (QED) is 0.726. The lowest BCUT2D eigenvalue weighted by atomic mass is 10.1. The van der Waals surface area contributed by atoms with Crippen molar-refractivity contribution in [1.29, 1.82) is 0 Å². The van der Waals surface area contributed by atoms with Crippen molar-refractivity contribution in [2.24, 2.45) is 0 Å². The number of carbonyl (C=O) groups excluding carboxylic acids is 2. The standard InChI is InChI=1S/C23H32FN3O4/c1-17(28)27-16-21(31-20-5-2-4-18(24)14-20)15-22(27)23(29)26-9-3-8-25(10-11-26)19-6-12-30-13-7-19/h2,4-5,14,19,21-22H,3,6-13,15-16H2,1H3/t21-,22+/m0/s1. The first-order valence-electron chi connectivity index (χ1n) is 11.3. The van der Waals surface area contributed by atoms with Gasteiger partial charge in [0.05, 0.1) is 6.54 Å². The van der Waals surface area contributed by atoms with E-state index in [1.165, 1.54) is 19.1 Å². The van der Waals surface area contributed by atoms with Crippen LogP contribution >= 0.6 is 0 Å². The fraction of sp³-hybridized carbons (Fsp3) is 0.652. The number of benzene rings is 1. The van der Waals surface area contributed by atoms with Crippen LogP contribution in [0.2, 0.25) is 0 Å². The number of likely N-dealkylation sites (tertiary alicyclic amines) is 1. The van der Waals surface area contributed by atoms with Crippen LogP contribution in [-0.4, -0.2) is 90.6 Å². The van der Waals surface area contributed by atoms with E-state index in [1.54, 1.807) is 17.0 Å². The summed E-state index contributed by atoms with van der Waals surface area (Å²) in [7, 11) is 0. The molecule has 0 bridgehead atoms. The summed E-state index contributed by atoms with van der Waals surface area (Å²) < 4.78 is 24.9. The number of amides is 2. The summed E-state index contributed by atoms with van der Waals surface area (Å²) in [6.07, 6.45) is 3.13. The van der Waals surface area contributed by atoms with Gasteiger partial charge in [0.1, 0.15) is 23.7 Å². The summed E-state index contributed by atoms with van der Waals surface area (Å²) in [5, 5.41) is 0. The Bertz CT molecular complexity index is 786. The Hall–Kier alpha value is -2.19. The van der Waals surface area contributed by atoms with Crippen LogP contribution in [0.1, 0.15) is 32.6 Å². The smallest absolute Gasteiger partial charge is 0.245 e. The van der Waals surface area contributed by atoms with Crippen molar-refractivity contribution in [2.45, 2.75) is 50.8 Å². The molecule has 3 fully saturated rings. The van der Waals surface area contributed by atoms with Crippen molar-refractivity contribution >= 4 is 11.8 Å². The van der Waals surface area contributed by atoms with Gasteiger partial charge in [0.25, 0.3) is 0 Å². The van der Waals surface area contributed by atoms with E-state index in [-0.39, 0.29) is 23.7 Å². The number of nitrogens with zero attached hydrogens (tertiary/aromatic N) is 3. The molecule has 0 N–H and O–H groups in total. The van der Waals surface area contributed by atoms with Gasteiger partial charge in [-0.3, -0.25) is 14.5 Å². The summed E-state index contributed by atoms with van der Waals surface area (Å²) in [5.74, 6) is -0.0922. The normalized spacial score (nSPS) is 26.0. The molecule has 0 aromatic heterocycles. The summed E-state index contributed by atoms with van der Waals surface area (Å²) in [4.78, 5) is 31.6. The Kier molecular flexibility index (Phi) is 7.07. The molecule has 31 heavy (non-hydrogen) atoms. The molecular weight excluding hydrogens is 401 g/mol. The van der Waals surface area contributed by atoms with Gasteiger partial charge < -0.3 is 19.3 Å². The first-order valence-corrected chi connectivity index (χ1v) is 11.3. The van der Waals surface area contributed by atoms with E-state index in [0.717, 1.165) is 45.6 Å². The van der Waals surface area contributed by atoms with Crippen LogP contribution in [-0.2, 0) is 14.3 Å². The largest absolute Gasteiger partial charge is 0.488 e. The predicted molar refractivity (Wildman–Crippen MR) is 113 cm³/mol. The van der Waals surface area contributed by atoms with E-state index in [2.05, 4.69) is 4.90 Å². The lowest BCUT2D eigenvalue weighted by Gasteiger charge is -2.33. The molecule has 8 heteroatoms. The molecule has 2 amide bonds. The van der Waals surface area contributed by atoms with Crippen LogP contribution in [0, 0.1) is 5.82 Å². The highest BCUT2D eigenvalue weighted by Crippen LogP contribution is 2.26. The monoisotopic (exact) mass is 433 g/mol. The minimum Gasteiger partial charge on any atom is -0.488 e. The minimum absolute atomic E-state index is 0.00521. The zero-order chi connectivity index (χ0) is 21.8. The van der Waals surface area contributed by atoms with Gasteiger partial charge in [-0.25, -0.2) is 4.39 Å². The molecule has 3 heterocycles. The van der Waals surface area contributed by atoms with Crippen LogP contribution in [0.25, 0.3) is 0 Å². The summed E-state index contributed by atoms with van der Waals surface area (Å²) in [5.41, 5.74) is 0. The Labute approximate surface area is 183 Å². The number of halogens is 1. The number of hydrogen-bond acceptors (Lipinski definition) is 5. The number of ether oxygens (including phenoxy) is 2. The molecule has 7 nitrogen and oxygen atoms in total. The van der Waals surface area contributed by atoms with Gasteiger partial charge in [0, 0.05) is 64.8 Å². The van der Waals surface area contributed by atoms with Crippen molar-refractivity contribution in [2.75, 3.05) is 45.9 Å². The highest BCUT2D eigenvalue weighted by molar-refractivity contribution is 5.87. The second kappa shape index (κ2) is 9.96. The van der Waals surface area contributed by atoms with Crippen LogP contribution in [0.4, 0.5) is 4.39 Å². The van der Waals surface area contributed by atoms with Crippen LogP contribution in [0.5, 0.6) is 5.75 Å². The van der Waals surface area contributed by atoms with Crippen molar-refractivity contribution in [1.82, 2.24) is 14.7 Å². The fourth-order valence-electron chi connectivity index (χ4n) is 4.98. The average molecular weight is 434 g/mol. The Morgan fingerprint density at radius 3 is 2.68 bits per heavy atom. The van der Waals surface area contributed by atoms with Gasteiger partial charge in [-0.2, -0.15) is 0 Å². The molecule has 170 valence electrons. The number of hydrogen-bond donors (Lipinski definition) is 0. The topological polar surface area (TPSA) is 62.3 Å². The third-order valence-corrected chi connectivity index (χ3v) is 6.60. The molecule has 0 saturated carbocycles. The van der Waals surface area contributed by atoms with Crippen LogP contribution in [0.15, 0.2) is 24.3 Å². The van der Waals surface area contributed by atoms with Gasteiger partial charge in [-0.1, -0.05) is 6.07 Å². The maximum absolute atomic E-state index is 13.5. The Morgan fingerprint density at radius 1 is 1.13 bits per heavy atom. The molecule has 1 aromatic carbocycles. The summed E-state index contributed by atoms with van der Waals surface area (Å²) in [6.45, 7) is 6.67. The maximum Gasteiger partial charge on any atom is 0.245 e. The first kappa shape index (κ1) is 22.0. The molecule has 3 aliphatic rings. The van der Waals surface area contributed by atoms with Gasteiger partial charge in [0.15, 0.2) is 0 Å². The average Bonchev–Trinajstić information content (AvgIpc) is 3.03. The van der Waals surface area contributed by atoms with Gasteiger partial charge in [0.2, 0.25) is 11.8 Å². The van der Waals surface area contributed by atoms with E-state index >= 15 is 0 Å². The molecule has 0 spiro atoms. The zero-order valence-electron chi connectivity index (χ0n) is 18.2. The van der Waals surface area contributed by atoms with Crippen molar-refractivity contribution in [3.8, 4) is 5.75 Å². The lowest BCUT2D eigenvalue weighted by Crippen LogP contribution is -2.48. The SMILES string of the molecule is CC(=O)N1C[C@@H](Oc2cccc(F)c2)C[C@@H]1C(=O)N1CCCN(C2CCOCC2)CC1. The van der Waals surface area contributed by atoms with Gasteiger partial charge >= 0.3 is 0 Å². The third-order valence-electron chi connectivity index (χ3n) is 6.60. The van der Waals surface area contributed by atoms with Gasteiger partial charge in [-0.05, 0) is 31.4 Å². The molecule has 4 rings (SSSR count). The highest BCUT2D eigenvalue weighted by atomic mass is 19.1. The van der Waals surface area contributed by atoms with Gasteiger partial charge in [-0.15, -0.1) is 0 Å². The molecule has 0 radical (unpaired) electrons.